The Morgan fingerprint density at radius 1 is 1.07 bits per heavy atom. The number of rotatable bonds is 5. The number of fused-ring (bicyclic) bond motifs is 3. The number of ether oxygens (including phenoxy) is 1. The molecule has 8 nitrogen and oxygen atoms in total. The lowest BCUT2D eigenvalue weighted by atomic mass is 9.90. The van der Waals surface area contributed by atoms with Gasteiger partial charge < -0.3 is 14.2 Å². The van der Waals surface area contributed by atoms with Gasteiger partial charge >= 0.3 is 0 Å². The van der Waals surface area contributed by atoms with Crippen molar-refractivity contribution < 1.29 is 18.3 Å². The number of aromatic nitrogens is 5. The Hall–Kier alpha value is -4.86. The summed E-state index contributed by atoms with van der Waals surface area (Å²) in [6.07, 6.45) is 5.43. The summed E-state index contributed by atoms with van der Waals surface area (Å²) in [5.74, 6) is -1.50. The van der Waals surface area contributed by atoms with E-state index in [-0.39, 0.29) is 23.3 Å². The fraction of sp³-hybridized carbons (Fsp3) is 0.273. The minimum absolute atomic E-state index is 0.0948. The molecule has 2 aromatic carbocycles. The van der Waals surface area contributed by atoms with E-state index < -0.39 is 11.6 Å². The number of hydrogen-bond donors (Lipinski definition) is 0. The Kier molecular flexibility index (Phi) is 6.37. The van der Waals surface area contributed by atoms with Gasteiger partial charge in [-0.1, -0.05) is 12.6 Å². The van der Waals surface area contributed by atoms with Crippen molar-refractivity contribution in [2.24, 2.45) is 7.05 Å². The molecule has 0 N–H and O–H groups in total. The van der Waals surface area contributed by atoms with Gasteiger partial charge in [-0.25, -0.2) is 18.7 Å². The topological polar surface area (TPSA) is 78.1 Å². The minimum Gasteiger partial charge on any atom is -0.496 e. The highest BCUT2D eigenvalue weighted by Crippen LogP contribution is 2.47. The van der Waals surface area contributed by atoms with E-state index in [1.54, 1.807) is 11.2 Å². The quantitative estimate of drug-likeness (QED) is 0.237. The monoisotopic (exact) mass is 580 g/mol. The second-order valence-corrected chi connectivity index (χ2v) is 11.1. The van der Waals surface area contributed by atoms with E-state index in [1.807, 2.05) is 47.5 Å². The number of benzene rings is 2. The van der Waals surface area contributed by atoms with Crippen LogP contribution in [0.3, 0.4) is 0 Å². The van der Waals surface area contributed by atoms with Crippen LogP contribution in [0.2, 0.25) is 0 Å². The Labute approximate surface area is 247 Å². The minimum atomic E-state index is -0.725. The van der Waals surface area contributed by atoms with E-state index in [2.05, 4.69) is 11.6 Å². The van der Waals surface area contributed by atoms with Crippen LogP contribution in [0.15, 0.2) is 55.4 Å². The number of pyridine rings is 1. The average Bonchev–Trinajstić information content (AvgIpc) is 3.75. The van der Waals surface area contributed by atoms with Crippen molar-refractivity contribution in [2.45, 2.75) is 38.8 Å². The molecule has 1 atom stereocenters. The highest BCUT2D eigenvalue weighted by Gasteiger charge is 2.33. The van der Waals surface area contributed by atoms with E-state index in [0.717, 1.165) is 58.0 Å². The van der Waals surface area contributed by atoms with Crippen LogP contribution in [0.1, 0.15) is 36.2 Å². The molecule has 10 heteroatoms. The normalized spacial score (nSPS) is 15.9. The molecule has 7 rings (SSSR count). The number of methoxy groups -OCH3 is 1. The second kappa shape index (κ2) is 10.1. The summed E-state index contributed by atoms with van der Waals surface area (Å²) < 4.78 is 39.5. The summed E-state index contributed by atoms with van der Waals surface area (Å²) in [4.78, 5) is 24.1. The first kappa shape index (κ1) is 27.0. The Bertz CT molecular complexity index is 1960. The predicted molar refractivity (Wildman–Crippen MR) is 159 cm³/mol. The lowest BCUT2D eigenvalue weighted by molar-refractivity contribution is -0.129. The highest BCUT2D eigenvalue weighted by atomic mass is 19.1. The maximum absolute atomic E-state index is 15.8. The molecular formula is C33H30F2N6O2. The molecule has 0 spiro atoms. The first-order valence-corrected chi connectivity index (χ1v) is 14.3. The molecule has 0 saturated carbocycles. The maximum atomic E-state index is 15.8. The van der Waals surface area contributed by atoms with Gasteiger partial charge in [0.05, 0.1) is 59.7 Å². The van der Waals surface area contributed by atoms with E-state index in [0.29, 0.717) is 36.5 Å². The third-order valence-corrected chi connectivity index (χ3v) is 8.71. The molecule has 0 fully saturated rings. The molecule has 0 radical (unpaired) electrons. The number of carbonyl (C=O) groups excluding carboxylic acids is 1. The van der Waals surface area contributed by atoms with Gasteiger partial charge in [-0.2, -0.15) is 5.10 Å². The predicted octanol–water partition coefficient (Wildman–Crippen LogP) is 6.03. The van der Waals surface area contributed by atoms with Gasteiger partial charge in [0, 0.05) is 36.9 Å². The van der Waals surface area contributed by atoms with Crippen molar-refractivity contribution in [1.82, 2.24) is 29.2 Å². The van der Waals surface area contributed by atoms with Crippen molar-refractivity contribution in [3.05, 3.63) is 83.8 Å². The molecule has 218 valence electrons. The molecule has 0 saturated heterocycles. The largest absolute Gasteiger partial charge is 0.496 e. The van der Waals surface area contributed by atoms with Crippen LogP contribution in [-0.2, 0) is 31.2 Å². The number of carbonyl (C=O) groups is 1. The van der Waals surface area contributed by atoms with Crippen LogP contribution in [-0.4, -0.2) is 48.8 Å². The van der Waals surface area contributed by atoms with E-state index >= 15 is 4.39 Å². The summed E-state index contributed by atoms with van der Waals surface area (Å²) >= 11 is 0. The van der Waals surface area contributed by atoms with E-state index in [1.165, 1.54) is 19.3 Å². The van der Waals surface area contributed by atoms with Crippen LogP contribution in [0, 0.1) is 11.6 Å². The first-order valence-electron chi connectivity index (χ1n) is 14.3. The van der Waals surface area contributed by atoms with Crippen molar-refractivity contribution in [3.63, 3.8) is 0 Å². The van der Waals surface area contributed by atoms with Crippen molar-refractivity contribution in [1.29, 1.82) is 0 Å². The summed E-state index contributed by atoms with van der Waals surface area (Å²) in [5, 5.41) is 4.93. The summed E-state index contributed by atoms with van der Waals surface area (Å²) in [6.45, 7) is 6.58. The molecule has 3 aromatic heterocycles. The van der Waals surface area contributed by atoms with Gasteiger partial charge in [0.2, 0.25) is 5.91 Å². The Morgan fingerprint density at radius 3 is 2.67 bits per heavy atom. The number of imidazole rings is 1. The third-order valence-electron chi connectivity index (χ3n) is 8.71. The summed E-state index contributed by atoms with van der Waals surface area (Å²) in [6, 6.07) is 9.83. The fourth-order valence-electron chi connectivity index (χ4n) is 6.63. The Morgan fingerprint density at radius 2 is 1.88 bits per heavy atom. The number of halogens is 2. The van der Waals surface area contributed by atoms with Gasteiger partial charge in [-0.05, 0) is 61.6 Å². The molecular weight excluding hydrogens is 550 g/mol. The molecule has 4 heterocycles. The zero-order valence-electron chi connectivity index (χ0n) is 24.2. The van der Waals surface area contributed by atoms with Gasteiger partial charge in [0.25, 0.3) is 0 Å². The van der Waals surface area contributed by atoms with Gasteiger partial charge in [-0.3, -0.25) is 9.48 Å². The average molecular weight is 581 g/mol. The number of hydrogen-bond acceptors (Lipinski definition) is 5. The molecule has 1 aliphatic carbocycles. The van der Waals surface area contributed by atoms with Crippen LogP contribution in [0.4, 0.5) is 8.78 Å². The molecule has 1 amide bonds. The molecule has 0 bridgehead atoms. The van der Waals surface area contributed by atoms with Crippen LogP contribution in [0.5, 0.6) is 5.75 Å². The Balaban J connectivity index is 1.50. The second-order valence-electron chi connectivity index (χ2n) is 11.1. The zero-order valence-corrected chi connectivity index (χ0v) is 24.2. The molecule has 43 heavy (non-hydrogen) atoms. The number of aryl methyl sites for hydroxylation is 1. The van der Waals surface area contributed by atoms with Crippen LogP contribution >= 0.6 is 0 Å². The lowest BCUT2D eigenvalue weighted by Gasteiger charge is -2.33. The van der Waals surface area contributed by atoms with Gasteiger partial charge in [-0.15, -0.1) is 0 Å². The van der Waals surface area contributed by atoms with Gasteiger partial charge in [0.15, 0.2) is 0 Å². The van der Waals surface area contributed by atoms with Crippen molar-refractivity contribution in [2.75, 3.05) is 13.7 Å². The molecule has 0 unspecified atom stereocenters. The van der Waals surface area contributed by atoms with Gasteiger partial charge in [0.1, 0.15) is 23.1 Å². The van der Waals surface area contributed by atoms with Crippen molar-refractivity contribution in [3.8, 4) is 39.5 Å². The lowest BCUT2D eigenvalue weighted by Crippen LogP contribution is -2.40. The summed E-state index contributed by atoms with van der Waals surface area (Å²) in [7, 11) is 3.36. The fourth-order valence-corrected chi connectivity index (χ4v) is 6.63. The standard InChI is InChI=1S/C33H30F2N6O2/c1-5-29(42)40-11-12-41-27(18(40)2)16-25(38-41)33-30(31-23(35)14-20(34)15-28(31)43-4)21-7-6-8-22(21)32(37-33)19-9-10-26-24(13-19)36-17-39(26)3/h5,9-10,13-18H,1,6-8,11-12H2,2-4H3/t18-/m1/s1. The van der Waals surface area contributed by atoms with Crippen LogP contribution < -0.4 is 4.74 Å². The van der Waals surface area contributed by atoms with Crippen LogP contribution in [0.25, 0.3) is 44.8 Å². The molecule has 1 aliphatic heterocycles. The van der Waals surface area contributed by atoms with E-state index in [9.17, 15) is 9.18 Å². The maximum Gasteiger partial charge on any atom is 0.246 e. The molecule has 5 aromatic rings. The smallest absolute Gasteiger partial charge is 0.246 e. The summed E-state index contributed by atoms with van der Waals surface area (Å²) in [5.41, 5.74) is 8.13. The zero-order chi connectivity index (χ0) is 30.0. The first-order chi connectivity index (χ1) is 20.8. The highest BCUT2D eigenvalue weighted by molar-refractivity contribution is 5.91. The SMILES string of the molecule is C=CC(=O)N1CCn2nc(-c3nc(-c4ccc5c(c4)ncn5C)c4c(c3-c3c(F)cc(F)cc3OC)CCC4)cc2[C@H]1C. The number of nitrogens with zero attached hydrogens (tertiary/aromatic N) is 6. The van der Waals surface area contributed by atoms with Crippen molar-refractivity contribution >= 4 is 16.9 Å². The molecule has 2 aliphatic rings. The third kappa shape index (κ3) is 4.23. The van der Waals surface area contributed by atoms with E-state index in [4.69, 9.17) is 14.8 Å². The number of amides is 1.